The summed E-state index contributed by atoms with van der Waals surface area (Å²) in [5.41, 5.74) is 1.22. The van der Waals surface area contributed by atoms with E-state index < -0.39 is 0 Å². The van der Waals surface area contributed by atoms with Crippen molar-refractivity contribution < 1.29 is 0 Å². The van der Waals surface area contributed by atoms with Crippen LogP contribution in [0.2, 0.25) is 0 Å². The summed E-state index contributed by atoms with van der Waals surface area (Å²) < 4.78 is 0. The highest BCUT2D eigenvalue weighted by Crippen LogP contribution is 2.14. The monoisotopic (exact) mass is 171 g/mol. The average molecular weight is 171 g/mol. The molecule has 0 bridgehead atoms. The Morgan fingerprint density at radius 2 is 2.00 bits per heavy atom. The van der Waals surface area contributed by atoms with E-state index >= 15 is 0 Å². The van der Waals surface area contributed by atoms with Gasteiger partial charge >= 0.3 is 0 Å². The first-order chi connectivity index (χ1) is 6.34. The lowest BCUT2D eigenvalue weighted by Crippen LogP contribution is -1.88. The molecule has 0 aliphatic carbocycles. The molecule has 1 heteroatoms. The molecule has 0 heterocycles. The highest BCUT2D eigenvalue weighted by molar-refractivity contribution is 5.78. The quantitative estimate of drug-likeness (QED) is 0.479. The zero-order valence-electron chi connectivity index (χ0n) is 7.99. The number of benzene rings is 1. The second-order valence-corrected chi connectivity index (χ2v) is 2.76. The lowest BCUT2D eigenvalue weighted by molar-refractivity contribution is 0.826. The van der Waals surface area contributed by atoms with E-state index in [1.54, 1.807) is 13.1 Å². The topological polar surface area (TPSA) is 12.4 Å². The molecule has 0 fully saturated rings. The van der Waals surface area contributed by atoms with Crippen LogP contribution in [0.15, 0.2) is 35.3 Å². The van der Waals surface area contributed by atoms with Gasteiger partial charge in [-0.25, -0.2) is 0 Å². The Labute approximate surface area is 79.5 Å². The molecule has 1 rings (SSSR count). The minimum absolute atomic E-state index is 0.196. The maximum Gasteiger partial charge on any atom is 0.0728 e. The van der Waals surface area contributed by atoms with E-state index in [4.69, 9.17) is 0 Å². The summed E-state index contributed by atoms with van der Waals surface area (Å²) in [6.45, 7) is 3.86. The predicted molar refractivity (Wildman–Crippen MR) is 56.8 cm³/mol. The molecule has 0 N–H and O–H groups in total. The van der Waals surface area contributed by atoms with Crippen molar-refractivity contribution in [3.8, 4) is 11.8 Å². The number of rotatable bonds is 2. The summed E-state index contributed by atoms with van der Waals surface area (Å²) in [4.78, 5) is 4.29. The molecule has 0 aromatic heterocycles. The van der Waals surface area contributed by atoms with Gasteiger partial charge in [0.1, 0.15) is 0 Å². The van der Waals surface area contributed by atoms with Crippen molar-refractivity contribution in [2.24, 2.45) is 4.99 Å². The summed E-state index contributed by atoms with van der Waals surface area (Å²) in [5, 5.41) is 0. The summed E-state index contributed by atoms with van der Waals surface area (Å²) in [6, 6.07) is 10.4. The molecule has 0 unspecified atom stereocenters. The zero-order valence-corrected chi connectivity index (χ0v) is 7.99. The van der Waals surface area contributed by atoms with Gasteiger partial charge in [0.15, 0.2) is 0 Å². The molecule has 1 aromatic carbocycles. The number of aliphatic imine (C=N–C) groups is 1. The summed E-state index contributed by atoms with van der Waals surface area (Å²) in [7, 11) is 0. The minimum Gasteiger partial charge on any atom is -0.276 e. The van der Waals surface area contributed by atoms with Crippen molar-refractivity contribution in [1.82, 2.24) is 0 Å². The number of hydrogen-bond acceptors (Lipinski definition) is 1. The smallest absolute Gasteiger partial charge is 0.0728 e. The van der Waals surface area contributed by atoms with Gasteiger partial charge in [0, 0.05) is 0 Å². The predicted octanol–water partition coefficient (Wildman–Crippen LogP) is 2.84. The molecule has 0 radical (unpaired) electrons. The van der Waals surface area contributed by atoms with Gasteiger partial charge in [-0.05, 0) is 19.4 Å². The van der Waals surface area contributed by atoms with Crippen molar-refractivity contribution in [2.75, 3.05) is 0 Å². The Morgan fingerprint density at radius 3 is 2.62 bits per heavy atom. The van der Waals surface area contributed by atoms with E-state index in [-0.39, 0.29) is 6.04 Å². The van der Waals surface area contributed by atoms with Gasteiger partial charge in [-0.15, -0.1) is 5.92 Å². The molecule has 0 spiro atoms. The van der Waals surface area contributed by atoms with Crippen molar-refractivity contribution in [1.29, 1.82) is 0 Å². The van der Waals surface area contributed by atoms with Crippen LogP contribution in [-0.4, -0.2) is 6.21 Å². The standard InChI is InChI=1S/C12H13N/c1-3-4-10-13-11(2)12-8-6-5-7-9-12/h5-11H,1-2H3/t11-/m1/s1. The third-order valence-electron chi connectivity index (χ3n) is 1.79. The van der Waals surface area contributed by atoms with Gasteiger partial charge in [-0.3, -0.25) is 4.99 Å². The van der Waals surface area contributed by atoms with Crippen LogP contribution in [0.5, 0.6) is 0 Å². The van der Waals surface area contributed by atoms with Crippen LogP contribution < -0.4 is 0 Å². The van der Waals surface area contributed by atoms with E-state index in [2.05, 4.69) is 35.9 Å². The fourth-order valence-corrected chi connectivity index (χ4v) is 1.03. The highest BCUT2D eigenvalue weighted by atomic mass is 14.7. The first-order valence-electron chi connectivity index (χ1n) is 4.33. The van der Waals surface area contributed by atoms with Crippen molar-refractivity contribution >= 4 is 6.21 Å². The molecule has 1 aromatic rings. The molecule has 1 nitrogen and oxygen atoms in total. The number of hydrogen-bond donors (Lipinski definition) is 0. The SMILES string of the molecule is CC#CC=N[C@H](C)c1ccccc1. The maximum atomic E-state index is 4.29. The Hall–Kier alpha value is -1.55. The van der Waals surface area contributed by atoms with Crippen LogP contribution in [0.25, 0.3) is 0 Å². The van der Waals surface area contributed by atoms with E-state index in [0.29, 0.717) is 0 Å². The fourth-order valence-electron chi connectivity index (χ4n) is 1.03. The minimum atomic E-state index is 0.196. The Kier molecular flexibility index (Phi) is 3.78. The van der Waals surface area contributed by atoms with Crippen LogP contribution >= 0.6 is 0 Å². The second kappa shape index (κ2) is 5.16. The molecule has 0 saturated heterocycles. The largest absolute Gasteiger partial charge is 0.276 e. The van der Waals surface area contributed by atoms with Crippen LogP contribution in [0.4, 0.5) is 0 Å². The van der Waals surface area contributed by atoms with Crippen LogP contribution in [0, 0.1) is 11.8 Å². The van der Waals surface area contributed by atoms with Gasteiger partial charge in [0.05, 0.1) is 12.3 Å². The molecule has 1 atom stereocenters. The molecule has 13 heavy (non-hydrogen) atoms. The van der Waals surface area contributed by atoms with Gasteiger partial charge in [0.2, 0.25) is 0 Å². The van der Waals surface area contributed by atoms with Crippen molar-refractivity contribution in [2.45, 2.75) is 19.9 Å². The molecule has 66 valence electrons. The van der Waals surface area contributed by atoms with Gasteiger partial charge in [-0.1, -0.05) is 36.3 Å². The summed E-state index contributed by atoms with van der Waals surface area (Å²) in [6.07, 6.45) is 1.66. The number of nitrogens with zero attached hydrogens (tertiary/aromatic N) is 1. The Balaban J connectivity index is 2.67. The first-order valence-corrected chi connectivity index (χ1v) is 4.33. The molecular formula is C12H13N. The van der Waals surface area contributed by atoms with Crippen LogP contribution in [-0.2, 0) is 0 Å². The van der Waals surface area contributed by atoms with Gasteiger partial charge < -0.3 is 0 Å². The molecule has 0 aliphatic heterocycles. The molecule has 0 aliphatic rings. The molecule has 0 amide bonds. The van der Waals surface area contributed by atoms with E-state index in [9.17, 15) is 0 Å². The lowest BCUT2D eigenvalue weighted by Gasteiger charge is -2.03. The van der Waals surface area contributed by atoms with E-state index in [0.717, 1.165) is 0 Å². The normalized spacial score (nSPS) is 12.2. The third-order valence-corrected chi connectivity index (χ3v) is 1.79. The first kappa shape index (κ1) is 9.54. The van der Waals surface area contributed by atoms with E-state index in [1.807, 2.05) is 18.2 Å². The molecule has 0 saturated carbocycles. The Morgan fingerprint density at radius 1 is 1.31 bits per heavy atom. The maximum absolute atomic E-state index is 4.29. The lowest BCUT2D eigenvalue weighted by atomic mass is 10.1. The van der Waals surface area contributed by atoms with Crippen molar-refractivity contribution in [3.05, 3.63) is 35.9 Å². The fraction of sp³-hybridized carbons (Fsp3) is 0.250. The van der Waals surface area contributed by atoms with Gasteiger partial charge in [-0.2, -0.15) is 0 Å². The molecular weight excluding hydrogens is 158 g/mol. The summed E-state index contributed by atoms with van der Waals surface area (Å²) >= 11 is 0. The zero-order chi connectivity index (χ0) is 9.52. The van der Waals surface area contributed by atoms with Crippen molar-refractivity contribution in [3.63, 3.8) is 0 Å². The second-order valence-electron chi connectivity index (χ2n) is 2.76. The third kappa shape index (κ3) is 3.13. The highest BCUT2D eigenvalue weighted by Gasteiger charge is 1.98. The average Bonchev–Trinajstić information content (AvgIpc) is 2.19. The van der Waals surface area contributed by atoms with Gasteiger partial charge in [0.25, 0.3) is 0 Å². The van der Waals surface area contributed by atoms with Crippen LogP contribution in [0.1, 0.15) is 25.5 Å². The van der Waals surface area contributed by atoms with Crippen LogP contribution in [0.3, 0.4) is 0 Å². The van der Waals surface area contributed by atoms with E-state index in [1.165, 1.54) is 5.56 Å². The summed E-state index contributed by atoms with van der Waals surface area (Å²) in [5.74, 6) is 5.58. The Bertz CT molecular complexity index is 327.